The van der Waals surface area contributed by atoms with E-state index in [0.29, 0.717) is 0 Å². The van der Waals surface area contributed by atoms with Crippen LogP contribution >= 0.6 is 15.9 Å². The fraction of sp³-hybridized carbons (Fsp3) is 0.214. The first kappa shape index (κ1) is 12.3. The second-order valence-electron chi connectivity index (χ2n) is 4.07. The summed E-state index contributed by atoms with van der Waals surface area (Å²) in [5, 5.41) is 0. The minimum Gasteiger partial charge on any atom is -0.324 e. The van der Waals surface area contributed by atoms with Gasteiger partial charge in [0.2, 0.25) is 0 Å². The molecule has 0 saturated heterocycles. The number of nitrogens with two attached hydrogens (primary N) is 1. The van der Waals surface area contributed by atoms with Crippen LogP contribution in [-0.2, 0) is 6.42 Å². The number of benzene rings is 1. The van der Waals surface area contributed by atoms with Crippen molar-refractivity contribution in [3.05, 3.63) is 64.4 Å². The largest absolute Gasteiger partial charge is 0.324 e. The van der Waals surface area contributed by atoms with E-state index in [2.05, 4.69) is 45.2 Å². The molecule has 0 fully saturated rings. The van der Waals surface area contributed by atoms with Crippen LogP contribution in [0, 0.1) is 0 Å². The van der Waals surface area contributed by atoms with Crippen molar-refractivity contribution in [1.82, 2.24) is 4.98 Å². The highest BCUT2D eigenvalue weighted by atomic mass is 79.9. The summed E-state index contributed by atoms with van der Waals surface area (Å²) in [7, 11) is 0. The maximum atomic E-state index is 6.15. The number of aromatic nitrogens is 1. The van der Waals surface area contributed by atoms with Gasteiger partial charge >= 0.3 is 0 Å². The molecule has 2 aromatic rings. The molecule has 1 aromatic carbocycles. The van der Waals surface area contributed by atoms with Crippen LogP contribution in [0.2, 0.25) is 0 Å². The highest BCUT2D eigenvalue weighted by Gasteiger charge is 2.06. The van der Waals surface area contributed by atoms with Gasteiger partial charge in [0.25, 0.3) is 0 Å². The van der Waals surface area contributed by atoms with Crippen LogP contribution in [0.5, 0.6) is 0 Å². The normalized spacial score (nSPS) is 12.4. The highest BCUT2D eigenvalue weighted by Crippen LogP contribution is 2.19. The molecule has 0 amide bonds. The average molecular weight is 291 g/mol. The first-order valence-electron chi connectivity index (χ1n) is 5.65. The molecular weight excluding hydrogens is 276 g/mol. The second-order valence-corrected chi connectivity index (χ2v) is 4.98. The zero-order valence-corrected chi connectivity index (χ0v) is 11.1. The quantitative estimate of drug-likeness (QED) is 0.936. The third-order valence-electron chi connectivity index (χ3n) is 2.74. The van der Waals surface area contributed by atoms with Crippen molar-refractivity contribution in [2.45, 2.75) is 18.9 Å². The molecule has 1 aromatic heterocycles. The number of hydrogen-bond acceptors (Lipinski definition) is 2. The van der Waals surface area contributed by atoms with Crippen LogP contribution < -0.4 is 5.73 Å². The molecule has 88 valence electrons. The molecular formula is C14H15BrN2. The molecule has 1 heterocycles. The van der Waals surface area contributed by atoms with E-state index in [9.17, 15) is 0 Å². The van der Waals surface area contributed by atoms with Gasteiger partial charge in [-0.25, -0.2) is 0 Å². The third-order valence-corrected chi connectivity index (χ3v) is 3.17. The molecule has 2 nitrogen and oxygen atoms in total. The molecule has 1 unspecified atom stereocenters. The molecule has 0 bridgehead atoms. The van der Waals surface area contributed by atoms with Gasteiger partial charge < -0.3 is 5.73 Å². The number of nitrogens with zero attached hydrogens (tertiary/aromatic N) is 1. The maximum Gasteiger partial charge on any atom is 0.0410 e. The Kier molecular flexibility index (Phi) is 4.29. The predicted molar refractivity (Wildman–Crippen MR) is 73.6 cm³/mol. The molecule has 2 rings (SSSR count). The standard InChI is InChI=1S/C14H15BrN2/c15-13-8-12(9-17-10-13)14(16)7-6-11-4-2-1-3-5-11/h1-5,8-10,14H,6-7,16H2. The van der Waals surface area contributed by atoms with E-state index in [1.165, 1.54) is 5.56 Å². The van der Waals surface area contributed by atoms with E-state index in [4.69, 9.17) is 5.73 Å². The monoisotopic (exact) mass is 290 g/mol. The van der Waals surface area contributed by atoms with Crippen molar-refractivity contribution in [2.75, 3.05) is 0 Å². The average Bonchev–Trinajstić information content (AvgIpc) is 2.37. The molecule has 3 heteroatoms. The van der Waals surface area contributed by atoms with Crippen LogP contribution in [0.15, 0.2) is 53.3 Å². The summed E-state index contributed by atoms with van der Waals surface area (Å²) < 4.78 is 0.977. The number of rotatable bonds is 4. The smallest absolute Gasteiger partial charge is 0.0410 e. The van der Waals surface area contributed by atoms with Crippen molar-refractivity contribution in [1.29, 1.82) is 0 Å². The van der Waals surface area contributed by atoms with Crippen LogP contribution in [0.25, 0.3) is 0 Å². The number of pyridine rings is 1. The number of halogens is 1. The number of hydrogen-bond donors (Lipinski definition) is 1. The van der Waals surface area contributed by atoms with Gasteiger partial charge in [-0.3, -0.25) is 4.98 Å². The van der Waals surface area contributed by atoms with Gasteiger partial charge in [0.05, 0.1) is 0 Å². The molecule has 2 N–H and O–H groups in total. The Labute approximate surface area is 110 Å². The molecule has 0 aliphatic rings. The van der Waals surface area contributed by atoms with Crippen LogP contribution in [0.1, 0.15) is 23.6 Å². The zero-order chi connectivity index (χ0) is 12.1. The fourth-order valence-corrected chi connectivity index (χ4v) is 2.15. The first-order valence-corrected chi connectivity index (χ1v) is 6.45. The Morgan fingerprint density at radius 1 is 1.18 bits per heavy atom. The van der Waals surface area contributed by atoms with E-state index in [0.717, 1.165) is 22.9 Å². The molecule has 0 aliphatic heterocycles. The van der Waals surface area contributed by atoms with Gasteiger partial charge in [-0.05, 0) is 46.0 Å². The highest BCUT2D eigenvalue weighted by molar-refractivity contribution is 9.10. The Balaban J connectivity index is 1.96. The third kappa shape index (κ3) is 3.65. The Morgan fingerprint density at radius 2 is 1.94 bits per heavy atom. The maximum absolute atomic E-state index is 6.15. The number of aryl methyl sites for hydroxylation is 1. The van der Waals surface area contributed by atoms with Crippen molar-refractivity contribution in [3.63, 3.8) is 0 Å². The van der Waals surface area contributed by atoms with Gasteiger partial charge in [-0.15, -0.1) is 0 Å². The Bertz CT molecular complexity index is 471. The topological polar surface area (TPSA) is 38.9 Å². The molecule has 0 aliphatic carbocycles. The van der Waals surface area contributed by atoms with Crippen LogP contribution in [0.4, 0.5) is 0 Å². The minimum atomic E-state index is 0.0419. The second kappa shape index (κ2) is 5.94. The van der Waals surface area contributed by atoms with Gasteiger partial charge in [0.15, 0.2) is 0 Å². The molecule has 1 atom stereocenters. The van der Waals surface area contributed by atoms with E-state index in [1.54, 1.807) is 6.20 Å². The summed E-state index contributed by atoms with van der Waals surface area (Å²) in [6, 6.07) is 12.5. The van der Waals surface area contributed by atoms with E-state index >= 15 is 0 Å². The summed E-state index contributed by atoms with van der Waals surface area (Å²) in [4.78, 5) is 4.13. The predicted octanol–water partition coefficient (Wildman–Crippen LogP) is 3.48. The lowest BCUT2D eigenvalue weighted by Gasteiger charge is -2.11. The Morgan fingerprint density at radius 3 is 2.65 bits per heavy atom. The fourth-order valence-electron chi connectivity index (χ4n) is 1.76. The van der Waals surface area contributed by atoms with E-state index in [-0.39, 0.29) is 6.04 Å². The van der Waals surface area contributed by atoms with E-state index in [1.807, 2.05) is 18.3 Å². The van der Waals surface area contributed by atoms with Crippen LogP contribution in [-0.4, -0.2) is 4.98 Å². The molecule has 0 radical (unpaired) electrons. The summed E-state index contributed by atoms with van der Waals surface area (Å²) in [5.74, 6) is 0. The van der Waals surface area contributed by atoms with Crippen LogP contribution in [0.3, 0.4) is 0 Å². The first-order chi connectivity index (χ1) is 8.25. The van der Waals surface area contributed by atoms with Gasteiger partial charge in [-0.2, -0.15) is 0 Å². The summed E-state index contributed by atoms with van der Waals surface area (Å²) in [6.07, 6.45) is 5.53. The lowest BCUT2D eigenvalue weighted by Crippen LogP contribution is -2.11. The summed E-state index contributed by atoms with van der Waals surface area (Å²) in [5.41, 5.74) is 8.55. The van der Waals surface area contributed by atoms with Gasteiger partial charge in [0, 0.05) is 22.9 Å². The zero-order valence-electron chi connectivity index (χ0n) is 9.51. The Hall–Kier alpha value is -1.19. The van der Waals surface area contributed by atoms with Crippen molar-refractivity contribution in [2.24, 2.45) is 5.73 Å². The molecule has 0 spiro atoms. The van der Waals surface area contributed by atoms with Gasteiger partial charge in [-0.1, -0.05) is 30.3 Å². The van der Waals surface area contributed by atoms with Gasteiger partial charge in [0.1, 0.15) is 0 Å². The molecule has 0 saturated carbocycles. The van der Waals surface area contributed by atoms with Crippen molar-refractivity contribution in [3.8, 4) is 0 Å². The van der Waals surface area contributed by atoms with E-state index < -0.39 is 0 Å². The minimum absolute atomic E-state index is 0.0419. The summed E-state index contributed by atoms with van der Waals surface area (Å²) in [6.45, 7) is 0. The van der Waals surface area contributed by atoms with Crippen molar-refractivity contribution >= 4 is 15.9 Å². The molecule has 17 heavy (non-hydrogen) atoms. The van der Waals surface area contributed by atoms with Crippen molar-refractivity contribution < 1.29 is 0 Å². The summed E-state index contributed by atoms with van der Waals surface area (Å²) >= 11 is 3.41. The SMILES string of the molecule is NC(CCc1ccccc1)c1cncc(Br)c1. The lowest BCUT2D eigenvalue weighted by atomic mass is 10.0. The lowest BCUT2D eigenvalue weighted by molar-refractivity contribution is 0.648.